The monoisotopic (exact) mass is 327 g/mol. The zero-order chi connectivity index (χ0) is 15.9. The summed E-state index contributed by atoms with van der Waals surface area (Å²) in [6, 6.07) is 13.3. The van der Waals surface area contributed by atoms with Gasteiger partial charge in [0.15, 0.2) is 0 Å². The molecule has 0 spiro atoms. The highest BCUT2D eigenvalue weighted by Gasteiger charge is 2.10. The third-order valence-electron chi connectivity index (χ3n) is 3.16. The second-order valence-electron chi connectivity index (χ2n) is 4.69. The third-order valence-corrected chi connectivity index (χ3v) is 3.41. The highest BCUT2D eigenvalue weighted by Crippen LogP contribution is 2.18. The molecule has 0 fully saturated rings. The Morgan fingerprint density at radius 3 is 2.23 bits per heavy atom. The van der Waals surface area contributed by atoms with Gasteiger partial charge in [-0.2, -0.15) is 8.78 Å². The molecule has 0 saturated heterocycles. The number of halogens is 3. The van der Waals surface area contributed by atoms with Crippen molar-refractivity contribution in [3.05, 3.63) is 64.7 Å². The van der Waals surface area contributed by atoms with Crippen LogP contribution in [0, 0.1) is 0 Å². The minimum atomic E-state index is -2.83. The molecule has 2 aromatic rings. The zero-order valence-electron chi connectivity index (χ0n) is 11.7. The first-order valence-electron chi connectivity index (χ1n) is 6.72. The fourth-order valence-electron chi connectivity index (χ4n) is 2.01. The second-order valence-corrected chi connectivity index (χ2v) is 5.13. The lowest BCUT2D eigenvalue weighted by Crippen LogP contribution is -2.23. The second kappa shape index (κ2) is 8.08. The Bertz CT molecular complexity index is 576. The Morgan fingerprint density at radius 1 is 1.05 bits per heavy atom. The van der Waals surface area contributed by atoms with E-state index in [1.165, 1.54) is 12.1 Å². The molecule has 0 saturated carbocycles. The predicted molar refractivity (Wildman–Crippen MR) is 81.2 cm³/mol. The molecule has 6 heteroatoms. The van der Waals surface area contributed by atoms with E-state index in [9.17, 15) is 13.9 Å². The third kappa shape index (κ3) is 4.94. The molecule has 1 atom stereocenters. The van der Waals surface area contributed by atoms with Crippen molar-refractivity contribution in [2.24, 2.45) is 0 Å². The van der Waals surface area contributed by atoms with Gasteiger partial charge in [-0.15, -0.1) is 0 Å². The smallest absolute Gasteiger partial charge is 0.387 e. The molecule has 0 aliphatic rings. The van der Waals surface area contributed by atoms with Gasteiger partial charge in [0, 0.05) is 11.6 Å². The molecule has 0 radical (unpaired) electrons. The van der Waals surface area contributed by atoms with Crippen molar-refractivity contribution in [1.82, 2.24) is 5.32 Å². The molecule has 0 aliphatic heterocycles. The van der Waals surface area contributed by atoms with Gasteiger partial charge < -0.3 is 15.2 Å². The van der Waals surface area contributed by atoms with Gasteiger partial charge in [-0.25, -0.2) is 0 Å². The highest BCUT2D eigenvalue weighted by molar-refractivity contribution is 6.30. The van der Waals surface area contributed by atoms with Gasteiger partial charge in [-0.1, -0.05) is 35.9 Å². The molecule has 3 nitrogen and oxygen atoms in total. The van der Waals surface area contributed by atoms with Crippen molar-refractivity contribution in [3.8, 4) is 5.75 Å². The van der Waals surface area contributed by atoms with Gasteiger partial charge in [-0.05, 0) is 35.4 Å². The fourth-order valence-corrected chi connectivity index (χ4v) is 2.14. The number of ether oxygens (including phenoxy) is 1. The van der Waals surface area contributed by atoms with Gasteiger partial charge in [0.2, 0.25) is 0 Å². The Balaban J connectivity index is 1.94. The standard InChI is InChI=1S/C16H16ClF2NO2/c17-13-5-3-12(4-6-13)15(10-21)20-9-11-1-7-14(8-2-11)22-16(18)19/h1-8,15-16,20-21H,9-10H2. The maximum atomic E-state index is 12.1. The number of hydrogen-bond donors (Lipinski definition) is 2. The van der Waals surface area contributed by atoms with Crippen LogP contribution in [0.3, 0.4) is 0 Å². The van der Waals surface area contributed by atoms with Crippen LogP contribution in [0.15, 0.2) is 48.5 Å². The van der Waals surface area contributed by atoms with E-state index >= 15 is 0 Å². The van der Waals surface area contributed by atoms with Crippen LogP contribution in [0.5, 0.6) is 5.75 Å². The average molecular weight is 328 g/mol. The van der Waals surface area contributed by atoms with Crippen LogP contribution in [0.2, 0.25) is 5.02 Å². The van der Waals surface area contributed by atoms with Crippen LogP contribution in [0.25, 0.3) is 0 Å². The lowest BCUT2D eigenvalue weighted by molar-refractivity contribution is -0.0498. The quantitative estimate of drug-likeness (QED) is 0.813. The van der Waals surface area contributed by atoms with Gasteiger partial charge >= 0.3 is 6.61 Å². The fraction of sp³-hybridized carbons (Fsp3) is 0.250. The van der Waals surface area contributed by atoms with Crippen LogP contribution >= 0.6 is 11.6 Å². The van der Waals surface area contributed by atoms with E-state index in [1.807, 2.05) is 12.1 Å². The molecule has 118 valence electrons. The average Bonchev–Trinajstić information content (AvgIpc) is 2.50. The van der Waals surface area contributed by atoms with Crippen LogP contribution in [0.1, 0.15) is 17.2 Å². The topological polar surface area (TPSA) is 41.5 Å². The summed E-state index contributed by atoms with van der Waals surface area (Å²) >= 11 is 5.84. The van der Waals surface area contributed by atoms with E-state index in [0.29, 0.717) is 11.6 Å². The van der Waals surface area contributed by atoms with Crippen molar-refractivity contribution >= 4 is 11.6 Å². The van der Waals surface area contributed by atoms with E-state index in [4.69, 9.17) is 11.6 Å². The Labute approximate surface area is 132 Å². The molecule has 0 aromatic heterocycles. The van der Waals surface area contributed by atoms with E-state index < -0.39 is 6.61 Å². The first kappa shape index (κ1) is 16.7. The molecule has 0 amide bonds. The zero-order valence-corrected chi connectivity index (χ0v) is 12.4. The van der Waals surface area contributed by atoms with E-state index in [0.717, 1.165) is 11.1 Å². The first-order chi connectivity index (χ1) is 10.6. The normalized spacial score (nSPS) is 12.4. The van der Waals surface area contributed by atoms with Crippen LogP contribution < -0.4 is 10.1 Å². The molecular formula is C16H16ClF2NO2. The van der Waals surface area contributed by atoms with Crippen molar-refractivity contribution in [2.45, 2.75) is 19.2 Å². The first-order valence-corrected chi connectivity index (χ1v) is 7.09. The minimum absolute atomic E-state index is 0.0613. The summed E-state index contributed by atoms with van der Waals surface area (Å²) < 4.78 is 28.4. The summed E-state index contributed by atoms with van der Waals surface area (Å²) in [6.07, 6.45) is 0. The predicted octanol–water partition coefficient (Wildman–Crippen LogP) is 3.76. The largest absolute Gasteiger partial charge is 0.435 e. The maximum absolute atomic E-state index is 12.1. The summed E-state index contributed by atoms with van der Waals surface area (Å²) in [6.45, 7) is -2.40. The number of hydrogen-bond acceptors (Lipinski definition) is 3. The maximum Gasteiger partial charge on any atom is 0.387 e. The molecule has 0 heterocycles. The van der Waals surface area contributed by atoms with Crippen LogP contribution in [-0.4, -0.2) is 18.3 Å². The van der Waals surface area contributed by atoms with Gasteiger partial charge in [0.05, 0.1) is 12.6 Å². The number of aliphatic hydroxyl groups is 1. The molecule has 1 unspecified atom stereocenters. The summed E-state index contributed by atoms with van der Waals surface area (Å²) in [5.74, 6) is 0.121. The van der Waals surface area contributed by atoms with Crippen molar-refractivity contribution in [3.63, 3.8) is 0 Å². The number of nitrogens with one attached hydrogen (secondary N) is 1. The molecule has 2 rings (SSSR count). The van der Waals surface area contributed by atoms with E-state index in [-0.39, 0.29) is 18.4 Å². The van der Waals surface area contributed by atoms with Gasteiger partial charge in [0.25, 0.3) is 0 Å². The lowest BCUT2D eigenvalue weighted by Gasteiger charge is -2.17. The summed E-state index contributed by atoms with van der Waals surface area (Å²) in [4.78, 5) is 0. The number of aliphatic hydroxyl groups excluding tert-OH is 1. The minimum Gasteiger partial charge on any atom is -0.435 e. The SMILES string of the molecule is OCC(NCc1ccc(OC(F)F)cc1)c1ccc(Cl)cc1. The Kier molecular flexibility index (Phi) is 6.12. The van der Waals surface area contributed by atoms with E-state index in [1.54, 1.807) is 24.3 Å². The molecule has 2 N–H and O–H groups in total. The molecule has 22 heavy (non-hydrogen) atoms. The van der Waals surface area contributed by atoms with Gasteiger partial charge in [-0.3, -0.25) is 0 Å². The van der Waals surface area contributed by atoms with Crippen molar-refractivity contribution < 1.29 is 18.6 Å². The summed E-state index contributed by atoms with van der Waals surface area (Å²) in [5, 5.41) is 13.3. The van der Waals surface area contributed by atoms with Crippen LogP contribution in [-0.2, 0) is 6.54 Å². The number of benzene rings is 2. The molecule has 0 aliphatic carbocycles. The molecular weight excluding hydrogens is 312 g/mol. The summed E-state index contributed by atoms with van der Waals surface area (Å²) in [5.41, 5.74) is 1.82. The van der Waals surface area contributed by atoms with Crippen LogP contribution in [0.4, 0.5) is 8.78 Å². The Morgan fingerprint density at radius 2 is 1.68 bits per heavy atom. The van der Waals surface area contributed by atoms with Gasteiger partial charge in [0.1, 0.15) is 5.75 Å². The Hall–Kier alpha value is -1.69. The van der Waals surface area contributed by atoms with Crippen molar-refractivity contribution in [1.29, 1.82) is 0 Å². The van der Waals surface area contributed by atoms with E-state index in [2.05, 4.69) is 10.1 Å². The molecule has 0 bridgehead atoms. The molecule has 2 aromatic carbocycles. The highest BCUT2D eigenvalue weighted by atomic mass is 35.5. The van der Waals surface area contributed by atoms with Crippen molar-refractivity contribution in [2.75, 3.05) is 6.61 Å². The number of rotatable bonds is 7. The lowest BCUT2D eigenvalue weighted by atomic mass is 10.1. The number of alkyl halides is 2. The summed E-state index contributed by atoms with van der Waals surface area (Å²) in [7, 11) is 0.